The van der Waals surface area contributed by atoms with Crippen molar-refractivity contribution in [2.75, 3.05) is 31.1 Å². The van der Waals surface area contributed by atoms with Gasteiger partial charge in [0.15, 0.2) is 0 Å². The minimum absolute atomic E-state index is 0.108. The molecule has 1 aromatic heterocycles. The topological polar surface area (TPSA) is 56.7 Å². The second-order valence-corrected chi connectivity index (χ2v) is 7.88. The molecule has 25 heavy (non-hydrogen) atoms. The number of fused-ring (bicyclic) bond motifs is 1. The number of hydrogen-bond acceptors (Lipinski definition) is 5. The Morgan fingerprint density at radius 3 is 2.96 bits per heavy atom. The van der Waals surface area contributed by atoms with E-state index in [1.54, 1.807) is 11.3 Å². The van der Waals surface area contributed by atoms with Gasteiger partial charge < -0.3 is 10.0 Å². The van der Waals surface area contributed by atoms with Crippen LogP contribution in [-0.4, -0.2) is 53.2 Å². The Labute approximate surface area is 151 Å². The first kappa shape index (κ1) is 16.7. The molecule has 1 aromatic carbocycles. The van der Waals surface area contributed by atoms with Gasteiger partial charge >= 0.3 is 0 Å². The van der Waals surface area contributed by atoms with Crippen LogP contribution < -0.4 is 4.90 Å². The van der Waals surface area contributed by atoms with Gasteiger partial charge in [0.1, 0.15) is 0 Å². The number of carbonyl (C=O) groups is 1. The number of aromatic nitrogens is 1. The number of nitrogens with zero attached hydrogens (tertiary/aromatic N) is 3. The molecule has 2 aromatic rings. The summed E-state index contributed by atoms with van der Waals surface area (Å²) in [6, 6.07) is 6.76. The number of hydrogen-bond donors (Lipinski definition) is 1. The highest BCUT2D eigenvalue weighted by atomic mass is 32.1. The lowest BCUT2D eigenvalue weighted by atomic mass is 10.1. The molecule has 1 saturated carbocycles. The predicted molar refractivity (Wildman–Crippen MR) is 100 cm³/mol. The number of aliphatic hydroxyl groups is 1. The van der Waals surface area contributed by atoms with Crippen molar-refractivity contribution < 1.29 is 9.90 Å². The van der Waals surface area contributed by atoms with Gasteiger partial charge in [0.2, 0.25) is 5.91 Å². The zero-order valence-electron chi connectivity index (χ0n) is 14.4. The number of aliphatic hydroxyl groups excluding tert-OH is 1. The van der Waals surface area contributed by atoms with Gasteiger partial charge in [-0.1, -0.05) is 6.07 Å². The molecule has 0 spiro atoms. The molecule has 0 saturated heterocycles. The summed E-state index contributed by atoms with van der Waals surface area (Å²) >= 11 is 1.66. The lowest BCUT2D eigenvalue weighted by Gasteiger charge is -2.24. The van der Waals surface area contributed by atoms with E-state index in [0.29, 0.717) is 19.1 Å². The average molecular weight is 357 g/mol. The molecule has 1 N–H and O–H groups in total. The monoisotopic (exact) mass is 357 g/mol. The van der Waals surface area contributed by atoms with Crippen LogP contribution in [0.25, 0.3) is 11.3 Å². The van der Waals surface area contributed by atoms with E-state index >= 15 is 0 Å². The molecule has 132 valence electrons. The van der Waals surface area contributed by atoms with Gasteiger partial charge in [-0.25, -0.2) is 4.98 Å². The number of aryl methyl sites for hydroxylation is 1. The second-order valence-electron chi connectivity index (χ2n) is 6.82. The Balaban J connectivity index is 1.50. The maximum atomic E-state index is 12.8. The average Bonchev–Trinajstić information content (AvgIpc) is 3.22. The standard InChI is InChI=1S/C19H23N3O2S/c1-13-20-17(12-25-13)14-2-5-18-15(10-14)6-7-22(18)19(24)11-21(8-9-23)16-3-4-16/h2,5,10,12,16,23H,3-4,6-9,11H2,1H3. The first-order chi connectivity index (χ1) is 12.2. The van der Waals surface area contributed by atoms with Crippen LogP contribution in [0, 0.1) is 6.92 Å². The van der Waals surface area contributed by atoms with Gasteiger partial charge in [0.05, 0.1) is 23.9 Å². The van der Waals surface area contributed by atoms with E-state index in [1.807, 2.05) is 11.8 Å². The summed E-state index contributed by atoms with van der Waals surface area (Å²) in [6.07, 6.45) is 3.17. The fourth-order valence-electron chi connectivity index (χ4n) is 3.53. The molecule has 1 aliphatic carbocycles. The summed E-state index contributed by atoms with van der Waals surface area (Å²) in [5, 5.41) is 12.4. The van der Waals surface area contributed by atoms with E-state index in [9.17, 15) is 9.90 Å². The summed E-state index contributed by atoms with van der Waals surface area (Å²) in [7, 11) is 0. The molecule has 0 bridgehead atoms. The van der Waals surface area contributed by atoms with Gasteiger partial charge in [-0.2, -0.15) is 0 Å². The molecule has 0 radical (unpaired) electrons. The fraction of sp³-hybridized carbons (Fsp3) is 0.474. The highest BCUT2D eigenvalue weighted by molar-refractivity contribution is 7.09. The molecule has 0 unspecified atom stereocenters. The number of benzene rings is 1. The van der Waals surface area contributed by atoms with E-state index < -0.39 is 0 Å². The highest BCUT2D eigenvalue weighted by Crippen LogP contribution is 2.33. The quantitative estimate of drug-likeness (QED) is 0.863. The van der Waals surface area contributed by atoms with Gasteiger partial charge in [-0.3, -0.25) is 9.69 Å². The zero-order valence-corrected chi connectivity index (χ0v) is 15.3. The Bertz CT molecular complexity index is 785. The van der Waals surface area contributed by atoms with Crippen LogP contribution in [0.5, 0.6) is 0 Å². The number of carbonyl (C=O) groups excluding carboxylic acids is 1. The van der Waals surface area contributed by atoms with E-state index in [0.717, 1.165) is 47.8 Å². The van der Waals surface area contributed by atoms with E-state index in [2.05, 4.69) is 33.5 Å². The highest BCUT2D eigenvalue weighted by Gasteiger charge is 2.32. The van der Waals surface area contributed by atoms with Gasteiger partial charge in [-0.15, -0.1) is 11.3 Å². The van der Waals surface area contributed by atoms with Crippen molar-refractivity contribution >= 4 is 22.9 Å². The molecular weight excluding hydrogens is 334 g/mol. The van der Waals surface area contributed by atoms with Crippen molar-refractivity contribution in [2.45, 2.75) is 32.2 Å². The SMILES string of the molecule is Cc1nc(-c2ccc3c(c2)CCN3C(=O)CN(CCO)C2CC2)cs1. The van der Waals surface area contributed by atoms with Crippen molar-refractivity contribution in [3.63, 3.8) is 0 Å². The predicted octanol–water partition coefficient (Wildman–Crippen LogP) is 2.46. The van der Waals surface area contributed by atoms with Crippen molar-refractivity contribution in [3.8, 4) is 11.3 Å². The summed E-state index contributed by atoms with van der Waals surface area (Å²) in [5.41, 5.74) is 4.38. The Kier molecular flexibility index (Phi) is 4.58. The number of anilines is 1. The van der Waals surface area contributed by atoms with Crippen LogP contribution in [0.4, 0.5) is 5.69 Å². The molecule has 0 atom stereocenters. The minimum Gasteiger partial charge on any atom is -0.395 e. The fourth-order valence-corrected chi connectivity index (χ4v) is 4.16. The lowest BCUT2D eigenvalue weighted by molar-refractivity contribution is -0.119. The van der Waals surface area contributed by atoms with Crippen molar-refractivity contribution in [1.29, 1.82) is 0 Å². The number of thiazole rings is 1. The van der Waals surface area contributed by atoms with Gasteiger partial charge in [0.25, 0.3) is 0 Å². The molecule has 2 heterocycles. The van der Waals surface area contributed by atoms with Crippen molar-refractivity contribution in [3.05, 3.63) is 34.2 Å². The van der Waals surface area contributed by atoms with Crippen molar-refractivity contribution in [1.82, 2.24) is 9.88 Å². The van der Waals surface area contributed by atoms with E-state index in [1.165, 1.54) is 5.56 Å². The zero-order chi connectivity index (χ0) is 17.4. The lowest BCUT2D eigenvalue weighted by Crippen LogP contribution is -2.41. The van der Waals surface area contributed by atoms with Crippen LogP contribution in [0.2, 0.25) is 0 Å². The molecule has 6 heteroatoms. The first-order valence-corrected chi connectivity index (χ1v) is 9.74. The van der Waals surface area contributed by atoms with Gasteiger partial charge in [0, 0.05) is 35.8 Å². The van der Waals surface area contributed by atoms with Crippen LogP contribution in [0.15, 0.2) is 23.6 Å². The third kappa shape index (κ3) is 3.47. The molecule has 1 fully saturated rings. The van der Waals surface area contributed by atoms with Crippen LogP contribution in [0.3, 0.4) is 0 Å². The summed E-state index contributed by atoms with van der Waals surface area (Å²) in [4.78, 5) is 21.3. The maximum Gasteiger partial charge on any atom is 0.241 e. The van der Waals surface area contributed by atoms with Crippen molar-refractivity contribution in [2.24, 2.45) is 0 Å². The van der Waals surface area contributed by atoms with Crippen LogP contribution in [-0.2, 0) is 11.2 Å². The molecular formula is C19H23N3O2S. The van der Waals surface area contributed by atoms with Crippen LogP contribution >= 0.6 is 11.3 Å². The van der Waals surface area contributed by atoms with E-state index in [4.69, 9.17) is 0 Å². The Morgan fingerprint density at radius 1 is 1.44 bits per heavy atom. The summed E-state index contributed by atoms with van der Waals surface area (Å²) < 4.78 is 0. The normalized spacial score (nSPS) is 16.5. The minimum atomic E-state index is 0.108. The molecule has 2 aliphatic rings. The number of amides is 1. The Hall–Kier alpha value is -1.76. The van der Waals surface area contributed by atoms with Gasteiger partial charge in [-0.05, 0) is 43.9 Å². The molecule has 1 amide bonds. The molecule has 4 rings (SSSR count). The third-order valence-corrected chi connectivity index (χ3v) is 5.75. The molecule has 1 aliphatic heterocycles. The first-order valence-electron chi connectivity index (χ1n) is 8.86. The second kappa shape index (κ2) is 6.86. The number of rotatable bonds is 6. The van der Waals surface area contributed by atoms with Crippen LogP contribution in [0.1, 0.15) is 23.4 Å². The summed E-state index contributed by atoms with van der Waals surface area (Å²) in [5.74, 6) is 0.136. The van der Waals surface area contributed by atoms with E-state index in [-0.39, 0.29) is 12.5 Å². The molecule has 5 nitrogen and oxygen atoms in total. The third-order valence-electron chi connectivity index (χ3n) is 4.98. The maximum absolute atomic E-state index is 12.8. The Morgan fingerprint density at radius 2 is 2.28 bits per heavy atom. The largest absolute Gasteiger partial charge is 0.395 e. The summed E-state index contributed by atoms with van der Waals surface area (Å²) in [6.45, 7) is 3.85. The smallest absolute Gasteiger partial charge is 0.241 e.